The van der Waals surface area contributed by atoms with E-state index in [0.717, 1.165) is 12.0 Å². The second kappa shape index (κ2) is 9.60. The fraction of sp³-hybridized carbons (Fsp3) is 0.440. The molecule has 0 heterocycles. The number of fused-ring (bicyclic) bond motifs is 1. The van der Waals surface area contributed by atoms with Crippen molar-refractivity contribution in [2.75, 3.05) is 6.61 Å². The van der Waals surface area contributed by atoms with Crippen molar-refractivity contribution in [1.29, 1.82) is 0 Å². The van der Waals surface area contributed by atoms with Crippen molar-refractivity contribution in [2.45, 2.75) is 58.3 Å². The largest absolute Gasteiger partial charge is 0.444 e. The standard InChI is InChI=1S/C25H30FNO4/c1-5-30-23-18(14-17-8-6-7-9-20(17)23)15-21(28)22(16-10-12-19(26)13-11-16)27-24(29)31-25(2,3)4/h6-13,18,22-23H,5,14-15H2,1-4H3,(H,27,29)/t18?,22-,23?/m0/s1. The summed E-state index contributed by atoms with van der Waals surface area (Å²) in [7, 11) is 0. The number of rotatable bonds is 7. The quantitative estimate of drug-likeness (QED) is 0.651. The van der Waals surface area contributed by atoms with Gasteiger partial charge in [-0.2, -0.15) is 0 Å². The van der Waals surface area contributed by atoms with Crippen molar-refractivity contribution in [3.05, 3.63) is 71.0 Å². The van der Waals surface area contributed by atoms with Crippen molar-refractivity contribution in [1.82, 2.24) is 5.32 Å². The Morgan fingerprint density at radius 3 is 2.45 bits per heavy atom. The fourth-order valence-electron chi connectivity index (χ4n) is 4.03. The van der Waals surface area contributed by atoms with Crippen molar-refractivity contribution >= 4 is 11.9 Å². The number of ketones is 1. The van der Waals surface area contributed by atoms with Crippen LogP contribution >= 0.6 is 0 Å². The molecule has 0 bridgehead atoms. The van der Waals surface area contributed by atoms with Gasteiger partial charge in [0.25, 0.3) is 0 Å². The van der Waals surface area contributed by atoms with E-state index in [4.69, 9.17) is 9.47 Å². The molecular weight excluding hydrogens is 397 g/mol. The molecule has 0 saturated carbocycles. The summed E-state index contributed by atoms with van der Waals surface area (Å²) in [4.78, 5) is 25.8. The molecule has 1 aliphatic rings. The van der Waals surface area contributed by atoms with Crippen LogP contribution < -0.4 is 5.32 Å². The Balaban J connectivity index is 1.81. The predicted molar refractivity (Wildman–Crippen MR) is 116 cm³/mol. The summed E-state index contributed by atoms with van der Waals surface area (Å²) < 4.78 is 24.8. The smallest absolute Gasteiger partial charge is 0.408 e. The Kier molecular flexibility index (Phi) is 7.11. The maximum atomic E-state index is 13.4. The van der Waals surface area contributed by atoms with Gasteiger partial charge in [0.1, 0.15) is 17.5 Å². The Morgan fingerprint density at radius 2 is 1.81 bits per heavy atom. The number of amides is 1. The van der Waals surface area contributed by atoms with Gasteiger partial charge in [0.05, 0.1) is 6.10 Å². The molecule has 5 nitrogen and oxygen atoms in total. The van der Waals surface area contributed by atoms with Crippen LogP contribution in [0, 0.1) is 11.7 Å². The average molecular weight is 428 g/mol. The van der Waals surface area contributed by atoms with Crippen LogP contribution in [-0.4, -0.2) is 24.1 Å². The van der Waals surface area contributed by atoms with Gasteiger partial charge in [-0.3, -0.25) is 4.79 Å². The SMILES string of the molecule is CCOC1c2ccccc2CC1CC(=O)[C@@H](NC(=O)OC(C)(C)C)c1ccc(F)cc1. The third-order valence-electron chi connectivity index (χ3n) is 5.27. The molecule has 0 aliphatic heterocycles. The van der Waals surface area contributed by atoms with Crippen LogP contribution in [0.3, 0.4) is 0 Å². The van der Waals surface area contributed by atoms with Crippen molar-refractivity contribution in [3.63, 3.8) is 0 Å². The van der Waals surface area contributed by atoms with Crippen LogP contribution in [0.15, 0.2) is 48.5 Å². The zero-order chi connectivity index (χ0) is 22.6. The van der Waals surface area contributed by atoms with Crippen molar-refractivity contribution in [3.8, 4) is 0 Å². The summed E-state index contributed by atoms with van der Waals surface area (Å²) in [6, 6.07) is 12.7. The first-order chi connectivity index (χ1) is 14.7. The number of alkyl carbamates (subject to hydrolysis) is 1. The lowest BCUT2D eigenvalue weighted by molar-refractivity contribution is -0.123. The van der Waals surface area contributed by atoms with E-state index in [2.05, 4.69) is 11.4 Å². The fourth-order valence-corrected chi connectivity index (χ4v) is 4.03. The van der Waals surface area contributed by atoms with Crippen LogP contribution in [0.5, 0.6) is 0 Å². The first kappa shape index (κ1) is 22.9. The molecule has 2 aromatic carbocycles. The summed E-state index contributed by atoms with van der Waals surface area (Å²) >= 11 is 0. The number of nitrogens with one attached hydrogen (secondary N) is 1. The number of hydrogen-bond acceptors (Lipinski definition) is 4. The van der Waals surface area contributed by atoms with Crippen LogP contribution in [0.4, 0.5) is 9.18 Å². The Morgan fingerprint density at radius 1 is 1.13 bits per heavy atom. The highest BCUT2D eigenvalue weighted by Crippen LogP contribution is 2.41. The number of halogens is 1. The molecule has 0 aromatic heterocycles. The zero-order valence-electron chi connectivity index (χ0n) is 18.5. The van der Waals surface area contributed by atoms with E-state index in [9.17, 15) is 14.0 Å². The normalized spacial score (nSPS) is 18.9. The van der Waals surface area contributed by atoms with E-state index in [1.807, 2.05) is 25.1 Å². The molecule has 3 atom stereocenters. The zero-order valence-corrected chi connectivity index (χ0v) is 18.5. The summed E-state index contributed by atoms with van der Waals surface area (Å²) in [5, 5.41) is 2.68. The molecule has 31 heavy (non-hydrogen) atoms. The third-order valence-corrected chi connectivity index (χ3v) is 5.27. The number of carbonyl (C=O) groups is 2. The number of carbonyl (C=O) groups excluding carboxylic acids is 2. The molecule has 2 aromatic rings. The monoisotopic (exact) mass is 427 g/mol. The topological polar surface area (TPSA) is 64.6 Å². The second-order valence-corrected chi connectivity index (χ2v) is 8.84. The lowest BCUT2D eigenvalue weighted by Crippen LogP contribution is -2.38. The number of ether oxygens (including phenoxy) is 2. The Bertz CT molecular complexity index is 920. The highest BCUT2D eigenvalue weighted by molar-refractivity contribution is 5.89. The molecule has 1 amide bonds. The Labute approximate surface area is 182 Å². The molecule has 0 spiro atoms. The van der Waals surface area contributed by atoms with E-state index in [1.165, 1.54) is 29.8 Å². The average Bonchev–Trinajstić information content (AvgIpc) is 3.03. The molecule has 6 heteroatoms. The van der Waals surface area contributed by atoms with E-state index in [1.54, 1.807) is 20.8 Å². The van der Waals surface area contributed by atoms with Gasteiger partial charge in [0.2, 0.25) is 0 Å². The van der Waals surface area contributed by atoms with Gasteiger partial charge < -0.3 is 14.8 Å². The molecule has 0 fully saturated rings. The van der Waals surface area contributed by atoms with E-state index in [0.29, 0.717) is 12.2 Å². The maximum absolute atomic E-state index is 13.4. The second-order valence-electron chi connectivity index (χ2n) is 8.84. The van der Waals surface area contributed by atoms with Gasteiger partial charge in [0.15, 0.2) is 5.78 Å². The number of hydrogen-bond donors (Lipinski definition) is 1. The van der Waals surface area contributed by atoms with Crippen LogP contribution in [0.2, 0.25) is 0 Å². The number of Topliss-reactive ketones (excluding diaryl/α,β-unsaturated/α-hetero) is 1. The molecule has 166 valence electrons. The summed E-state index contributed by atoms with van der Waals surface area (Å²) in [6.45, 7) is 7.74. The lowest BCUT2D eigenvalue weighted by Gasteiger charge is -2.25. The van der Waals surface area contributed by atoms with Crippen molar-refractivity contribution < 1.29 is 23.5 Å². The van der Waals surface area contributed by atoms with Gasteiger partial charge in [-0.25, -0.2) is 9.18 Å². The third kappa shape index (κ3) is 5.91. The summed E-state index contributed by atoms with van der Waals surface area (Å²) in [5.74, 6) is -0.608. The van der Waals surface area contributed by atoms with E-state index >= 15 is 0 Å². The minimum Gasteiger partial charge on any atom is -0.444 e. The molecule has 1 N–H and O–H groups in total. The van der Waals surface area contributed by atoms with Gasteiger partial charge in [0, 0.05) is 18.9 Å². The van der Waals surface area contributed by atoms with Crippen LogP contribution in [0.25, 0.3) is 0 Å². The lowest BCUT2D eigenvalue weighted by atomic mass is 9.91. The predicted octanol–water partition coefficient (Wildman–Crippen LogP) is 5.30. The highest BCUT2D eigenvalue weighted by atomic mass is 19.1. The van der Waals surface area contributed by atoms with Gasteiger partial charge >= 0.3 is 6.09 Å². The summed E-state index contributed by atoms with van der Waals surface area (Å²) in [6.07, 6.45) is 0.0959. The maximum Gasteiger partial charge on any atom is 0.408 e. The van der Waals surface area contributed by atoms with E-state index in [-0.39, 0.29) is 24.2 Å². The van der Waals surface area contributed by atoms with Gasteiger partial charge in [-0.15, -0.1) is 0 Å². The molecule has 3 rings (SSSR count). The minimum atomic E-state index is -0.929. The first-order valence-corrected chi connectivity index (χ1v) is 10.6. The van der Waals surface area contributed by atoms with Crippen LogP contribution in [-0.2, 0) is 20.7 Å². The number of benzene rings is 2. The molecule has 0 saturated heterocycles. The van der Waals surface area contributed by atoms with Crippen molar-refractivity contribution in [2.24, 2.45) is 5.92 Å². The van der Waals surface area contributed by atoms with E-state index < -0.39 is 23.6 Å². The molecular formula is C25H30FNO4. The molecule has 0 radical (unpaired) electrons. The van der Waals surface area contributed by atoms with Crippen LogP contribution in [0.1, 0.15) is 63.0 Å². The summed E-state index contributed by atoms with van der Waals surface area (Å²) in [5.41, 5.74) is 2.10. The minimum absolute atomic E-state index is 0.0340. The highest BCUT2D eigenvalue weighted by Gasteiger charge is 2.36. The Hall–Kier alpha value is -2.73. The van der Waals surface area contributed by atoms with Gasteiger partial charge in [-0.1, -0.05) is 36.4 Å². The first-order valence-electron chi connectivity index (χ1n) is 10.6. The molecule has 2 unspecified atom stereocenters. The molecule has 1 aliphatic carbocycles. The van der Waals surface area contributed by atoms with Gasteiger partial charge in [-0.05, 0) is 62.9 Å².